The van der Waals surface area contributed by atoms with Crippen molar-refractivity contribution < 1.29 is 14.6 Å². The van der Waals surface area contributed by atoms with Crippen molar-refractivity contribution in [2.45, 2.75) is 26.5 Å². The van der Waals surface area contributed by atoms with Gasteiger partial charge in [0.25, 0.3) is 0 Å². The third-order valence-electron chi connectivity index (χ3n) is 3.19. The van der Waals surface area contributed by atoms with Crippen molar-refractivity contribution in [3.8, 4) is 0 Å². The fourth-order valence-corrected chi connectivity index (χ4v) is 2.22. The molecule has 0 heterocycles. The van der Waals surface area contributed by atoms with Crippen LogP contribution in [0.4, 0.5) is 5.69 Å². The van der Waals surface area contributed by atoms with Gasteiger partial charge in [-0.3, -0.25) is 0 Å². The monoisotopic (exact) mass is 267 g/mol. The van der Waals surface area contributed by atoms with Crippen LogP contribution in [0.15, 0.2) is 18.2 Å². The van der Waals surface area contributed by atoms with Crippen molar-refractivity contribution in [3.63, 3.8) is 0 Å². The minimum absolute atomic E-state index is 0.0419. The van der Waals surface area contributed by atoms with Crippen LogP contribution >= 0.6 is 0 Å². The van der Waals surface area contributed by atoms with Gasteiger partial charge in [0.05, 0.1) is 19.8 Å². The third-order valence-corrected chi connectivity index (χ3v) is 3.19. The van der Waals surface area contributed by atoms with Crippen molar-refractivity contribution in [3.05, 3.63) is 29.3 Å². The van der Waals surface area contributed by atoms with Crippen molar-refractivity contribution in [1.29, 1.82) is 0 Å². The maximum atomic E-state index is 9.54. The highest BCUT2D eigenvalue weighted by Gasteiger charge is 2.17. The number of methoxy groups -OCH3 is 2. The fraction of sp³-hybridized carbons (Fsp3) is 0.600. The summed E-state index contributed by atoms with van der Waals surface area (Å²) >= 11 is 0. The molecular formula is C15H25NO3. The molecule has 0 aliphatic carbocycles. The predicted molar refractivity (Wildman–Crippen MR) is 77.7 cm³/mol. The van der Waals surface area contributed by atoms with Crippen LogP contribution < -0.4 is 4.90 Å². The van der Waals surface area contributed by atoms with Gasteiger partial charge in [-0.25, -0.2) is 0 Å². The highest BCUT2D eigenvalue weighted by atomic mass is 16.5. The van der Waals surface area contributed by atoms with Crippen LogP contribution in [0.2, 0.25) is 0 Å². The summed E-state index contributed by atoms with van der Waals surface area (Å²) in [6, 6.07) is 6.37. The lowest BCUT2D eigenvalue weighted by atomic mass is 10.1. The Morgan fingerprint density at radius 2 is 2.00 bits per heavy atom. The number of hydrogen-bond acceptors (Lipinski definition) is 4. The molecule has 108 valence electrons. The molecule has 4 heteroatoms. The second-order valence-electron chi connectivity index (χ2n) is 4.78. The zero-order valence-electron chi connectivity index (χ0n) is 12.3. The van der Waals surface area contributed by atoms with Gasteiger partial charge < -0.3 is 19.5 Å². The molecule has 0 saturated heterocycles. The topological polar surface area (TPSA) is 41.9 Å². The highest BCUT2D eigenvalue weighted by molar-refractivity contribution is 5.55. The summed E-state index contributed by atoms with van der Waals surface area (Å²) in [5.41, 5.74) is 3.15. The van der Waals surface area contributed by atoms with Gasteiger partial charge in [-0.1, -0.05) is 17.7 Å². The maximum Gasteiger partial charge on any atom is 0.0702 e. The first kappa shape index (κ1) is 16.0. The Morgan fingerprint density at radius 1 is 1.26 bits per heavy atom. The Balaban J connectivity index is 3.01. The number of rotatable bonds is 8. The van der Waals surface area contributed by atoms with Crippen LogP contribution in [-0.4, -0.2) is 45.1 Å². The van der Waals surface area contributed by atoms with Gasteiger partial charge in [0.2, 0.25) is 0 Å². The Bertz CT molecular complexity index is 382. The van der Waals surface area contributed by atoms with Crippen LogP contribution in [0.1, 0.15) is 18.1 Å². The van der Waals surface area contributed by atoms with Crippen LogP contribution in [-0.2, 0) is 16.1 Å². The minimum Gasteiger partial charge on any atom is -0.392 e. The molecule has 0 bridgehead atoms. The van der Waals surface area contributed by atoms with Crippen LogP contribution in [0.25, 0.3) is 0 Å². The summed E-state index contributed by atoms with van der Waals surface area (Å²) in [6.45, 7) is 6.24. The van der Waals surface area contributed by atoms with E-state index in [1.807, 2.05) is 13.0 Å². The Kier molecular flexibility index (Phi) is 6.84. The van der Waals surface area contributed by atoms with E-state index in [4.69, 9.17) is 9.47 Å². The molecular weight excluding hydrogens is 242 g/mol. The molecule has 0 aliphatic rings. The number of benzene rings is 1. The molecule has 0 fully saturated rings. The van der Waals surface area contributed by atoms with Crippen LogP contribution in [0.3, 0.4) is 0 Å². The molecule has 1 atom stereocenters. The summed E-state index contributed by atoms with van der Waals surface area (Å²) < 4.78 is 10.4. The average Bonchev–Trinajstić information content (AvgIpc) is 2.40. The van der Waals surface area contributed by atoms with E-state index >= 15 is 0 Å². The molecule has 1 aromatic carbocycles. The van der Waals surface area contributed by atoms with Crippen molar-refractivity contribution in [2.75, 3.05) is 38.9 Å². The van der Waals surface area contributed by atoms with Crippen molar-refractivity contribution in [2.24, 2.45) is 0 Å². The zero-order valence-corrected chi connectivity index (χ0v) is 12.3. The number of nitrogens with zero attached hydrogens (tertiary/aromatic N) is 1. The van der Waals surface area contributed by atoms with Crippen molar-refractivity contribution >= 4 is 5.69 Å². The van der Waals surface area contributed by atoms with Gasteiger partial charge in [-0.15, -0.1) is 0 Å². The van der Waals surface area contributed by atoms with Gasteiger partial charge >= 0.3 is 0 Å². The molecule has 1 rings (SSSR count). The van der Waals surface area contributed by atoms with E-state index in [-0.39, 0.29) is 12.6 Å². The Hall–Kier alpha value is -1.10. The zero-order chi connectivity index (χ0) is 14.3. The van der Waals surface area contributed by atoms with Gasteiger partial charge in [-0.05, 0) is 19.9 Å². The molecule has 0 spiro atoms. The smallest absolute Gasteiger partial charge is 0.0702 e. The summed E-state index contributed by atoms with van der Waals surface area (Å²) in [6.07, 6.45) is 0. The lowest BCUT2D eigenvalue weighted by molar-refractivity contribution is 0.170. The van der Waals surface area contributed by atoms with E-state index in [2.05, 4.69) is 24.0 Å². The van der Waals surface area contributed by atoms with Crippen molar-refractivity contribution in [1.82, 2.24) is 0 Å². The number of aryl methyl sites for hydroxylation is 1. The normalized spacial score (nSPS) is 12.5. The van der Waals surface area contributed by atoms with Gasteiger partial charge in [0, 0.05) is 38.1 Å². The first-order chi connectivity index (χ1) is 9.13. The molecule has 1 aromatic rings. The van der Waals surface area contributed by atoms with E-state index in [0.717, 1.165) is 23.4 Å². The first-order valence-electron chi connectivity index (χ1n) is 6.59. The molecule has 4 nitrogen and oxygen atoms in total. The predicted octanol–water partition coefficient (Wildman–Crippen LogP) is 1.98. The number of aliphatic hydroxyl groups is 1. The first-order valence-corrected chi connectivity index (χ1v) is 6.59. The molecule has 0 saturated carbocycles. The Labute approximate surface area is 115 Å². The van der Waals surface area contributed by atoms with Gasteiger partial charge in [-0.2, -0.15) is 0 Å². The summed E-state index contributed by atoms with van der Waals surface area (Å²) in [4.78, 5) is 2.22. The second-order valence-corrected chi connectivity index (χ2v) is 4.78. The highest BCUT2D eigenvalue weighted by Crippen LogP contribution is 2.24. The standard InChI is InChI=1S/C15H25NO3/c1-12-5-6-15(14(9-12)10-17)16(7-8-18-3)13(2)11-19-4/h5-6,9,13,17H,7-8,10-11H2,1-4H3. The Morgan fingerprint density at radius 3 is 2.58 bits per heavy atom. The van der Waals surface area contributed by atoms with E-state index in [1.54, 1.807) is 14.2 Å². The van der Waals surface area contributed by atoms with Crippen LogP contribution in [0, 0.1) is 6.92 Å². The molecule has 1 unspecified atom stereocenters. The van der Waals surface area contributed by atoms with E-state index < -0.39 is 0 Å². The summed E-state index contributed by atoms with van der Waals surface area (Å²) in [5.74, 6) is 0. The minimum atomic E-state index is 0.0419. The molecule has 0 amide bonds. The quantitative estimate of drug-likeness (QED) is 0.782. The third kappa shape index (κ3) is 4.49. The maximum absolute atomic E-state index is 9.54. The lowest BCUT2D eigenvalue weighted by Gasteiger charge is -2.32. The molecule has 1 N–H and O–H groups in total. The van der Waals surface area contributed by atoms with Crippen LogP contribution in [0.5, 0.6) is 0 Å². The molecule has 0 aromatic heterocycles. The van der Waals surface area contributed by atoms with Gasteiger partial charge in [0.15, 0.2) is 0 Å². The number of anilines is 1. The van der Waals surface area contributed by atoms with E-state index in [0.29, 0.717) is 13.2 Å². The molecule has 0 aliphatic heterocycles. The summed E-state index contributed by atoms with van der Waals surface area (Å²) in [7, 11) is 3.40. The van der Waals surface area contributed by atoms with Gasteiger partial charge in [0.1, 0.15) is 0 Å². The summed E-state index contributed by atoms with van der Waals surface area (Å²) in [5, 5.41) is 9.54. The average molecular weight is 267 g/mol. The number of hydrogen-bond donors (Lipinski definition) is 1. The molecule has 0 radical (unpaired) electrons. The SMILES string of the molecule is COCCN(c1ccc(C)cc1CO)C(C)COC. The second kappa shape index (κ2) is 8.15. The lowest BCUT2D eigenvalue weighted by Crippen LogP contribution is -2.39. The molecule has 19 heavy (non-hydrogen) atoms. The van der Waals surface area contributed by atoms with E-state index in [9.17, 15) is 5.11 Å². The fourth-order valence-electron chi connectivity index (χ4n) is 2.22. The largest absolute Gasteiger partial charge is 0.392 e. The number of aliphatic hydroxyl groups excluding tert-OH is 1. The van der Waals surface area contributed by atoms with E-state index in [1.165, 1.54) is 0 Å². The number of ether oxygens (including phenoxy) is 2.